The van der Waals surface area contributed by atoms with Crippen LogP contribution in [0.3, 0.4) is 0 Å². The Hall–Kier alpha value is -1.23. The number of halogens is 1. The number of benzene rings is 1. The molecule has 1 aromatic heterocycles. The average Bonchev–Trinajstić information content (AvgIpc) is 2.98. The van der Waals surface area contributed by atoms with Gasteiger partial charge in [0.15, 0.2) is 11.5 Å². The highest BCUT2D eigenvalue weighted by Gasteiger charge is 2.12. The Labute approximate surface area is 128 Å². The standard InChI is InChI=1S/C15H18ClNO2S/c1-10(14-5-4-6-20-14)17-9-11-7-12(16)15(19-3)13(8-11)18-2/h4-8,10,17H,9H2,1-3H3/t10-/m0/s1. The maximum atomic E-state index is 6.20. The van der Waals surface area contributed by atoms with Crippen LogP contribution in [0.25, 0.3) is 0 Å². The van der Waals surface area contributed by atoms with Gasteiger partial charge in [-0.05, 0) is 36.1 Å². The third kappa shape index (κ3) is 3.45. The van der Waals surface area contributed by atoms with Crippen LogP contribution >= 0.6 is 22.9 Å². The molecular formula is C15H18ClNO2S. The van der Waals surface area contributed by atoms with Gasteiger partial charge in [0.2, 0.25) is 0 Å². The smallest absolute Gasteiger partial charge is 0.179 e. The van der Waals surface area contributed by atoms with Crippen molar-refractivity contribution in [3.8, 4) is 11.5 Å². The summed E-state index contributed by atoms with van der Waals surface area (Å²) in [5, 5.41) is 6.12. The van der Waals surface area contributed by atoms with Crippen LogP contribution in [0, 0.1) is 0 Å². The summed E-state index contributed by atoms with van der Waals surface area (Å²) >= 11 is 7.95. The highest BCUT2D eigenvalue weighted by molar-refractivity contribution is 7.10. The van der Waals surface area contributed by atoms with Gasteiger partial charge >= 0.3 is 0 Å². The van der Waals surface area contributed by atoms with Crippen molar-refractivity contribution in [1.82, 2.24) is 5.32 Å². The fourth-order valence-electron chi connectivity index (χ4n) is 1.98. The number of ether oxygens (including phenoxy) is 2. The summed E-state index contributed by atoms with van der Waals surface area (Å²) in [6.07, 6.45) is 0. The third-order valence-electron chi connectivity index (χ3n) is 3.08. The van der Waals surface area contributed by atoms with Crippen LogP contribution in [0.2, 0.25) is 5.02 Å². The molecular weight excluding hydrogens is 294 g/mol. The van der Waals surface area contributed by atoms with Gasteiger partial charge in [-0.3, -0.25) is 0 Å². The molecule has 0 amide bonds. The zero-order chi connectivity index (χ0) is 14.5. The molecule has 1 aromatic carbocycles. The molecule has 0 saturated heterocycles. The lowest BCUT2D eigenvalue weighted by Crippen LogP contribution is -2.17. The number of hydrogen-bond acceptors (Lipinski definition) is 4. The minimum Gasteiger partial charge on any atom is -0.493 e. The second-order valence-electron chi connectivity index (χ2n) is 4.43. The van der Waals surface area contributed by atoms with Crippen LogP contribution in [0.1, 0.15) is 23.4 Å². The summed E-state index contributed by atoms with van der Waals surface area (Å²) in [6, 6.07) is 8.34. The van der Waals surface area contributed by atoms with Crippen LogP contribution in [0.15, 0.2) is 29.6 Å². The molecule has 5 heteroatoms. The highest BCUT2D eigenvalue weighted by Crippen LogP contribution is 2.36. The first-order chi connectivity index (χ1) is 9.65. The first-order valence-corrected chi connectivity index (χ1v) is 7.58. The molecule has 108 valence electrons. The van der Waals surface area contributed by atoms with E-state index in [-0.39, 0.29) is 0 Å². The Morgan fingerprint density at radius 2 is 2.10 bits per heavy atom. The Morgan fingerprint density at radius 1 is 1.30 bits per heavy atom. The molecule has 0 radical (unpaired) electrons. The molecule has 1 N–H and O–H groups in total. The molecule has 0 fully saturated rings. The van der Waals surface area contributed by atoms with Crippen molar-refractivity contribution < 1.29 is 9.47 Å². The molecule has 0 saturated carbocycles. The Morgan fingerprint density at radius 3 is 2.70 bits per heavy atom. The van der Waals surface area contributed by atoms with Gasteiger partial charge in [0, 0.05) is 17.5 Å². The summed E-state index contributed by atoms with van der Waals surface area (Å²) in [7, 11) is 3.19. The quantitative estimate of drug-likeness (QED) is 0.864. The minimum atomic E-state index is 0.307. The summed E-state index contributed by atoms with van der Waals surface area (Å²) in [5.74, 6) is 1.23. The average molecular weight is 312 g/mol. The second kappa shape index (κ2) is 6.97. The maximum absolute atomic E-state index is 6.20. The van der Waals surface area contributed by atoms with Crippen LogP contribution in [-0.4, -0.2) is 14.2 Å². The number of rotatable bonds is 6. The van der Waals surface area contributed by atoms with E-state index in [1.807, 2.05) is 12.1 Å². The molecule has 20 heavy (non-hydrogen) atoms. The second-order valence-corrected chi connectivity index (χ2v) is 5.82. The monoisotopic (exact) mass is 311 g/mol. The van der Waals surface area contributed by atoms with Crippen LogP contribution < -0.4 is 14.8 Å². The van der Waals surface area contributed by atoms with Crippen LogP contribution in [0.4, 0.5) is 0 Å². The molecule has 0 unspecified atom stereocenters. The summed E-state index contributed by atoms with van der Waals surface area (Å²) in [5.41, 5.74) is 1.07. The van der Waals surface area contributed by atoms with E-state index < -0.39 is 0 Å². The zero-order valence-corrected chi connectivity index (χ0v) is 13.3. The van der Waals surface area contributed by atoms with Crippen molar-refractivity contribution in [2.24, 2.45) is 0 Å². The van der Waals surface area contributed by atoms with Gasteiger partial charge in [-0.2, -0.15) is 0 Å². The van der Waals surface area contributed by atoms with Gasteiger partial charge in [0.05, 0.1) is 19.2 Å². The van der Waals surface area contributed by atoms with Crippen LogP contribution in [0.5, 0.6) is 11.5 Å². The van der Waals surface area contributed by atoms with Crippen molar-refractivity contribution in [2.45, 2.75) is 19.5 Å². The number of nitrogens with one attached hydrogen (secondary N) is 1. The van der Waals surface area contributed by atoms with E-state index in [0.29, 0.717) is 22.6 Å². The molecule has 0 aliphatic heterocycles. The van der Waals surface area contributed by atoms with Gasteiger partial charge in [0.1, 0.15) is 0 Å². The van der Waals surface area contributed by atoms with Gasteiger partial charge in [0.25, 0.3) is 0 Å². The van der Waals surface area contributed by atoms with Gasteiger partial charge in [-0.1, -0.05) is 17.7 Å². The maximum Gasteiger partial charge on any atom is 0.179 e. The van der Waals surface area contributed by atoms with Crippen molar-refractivity contribution in [3.05, 3.63) is 45.1 Å². The van der Waals surface area contributed by atoms with Gasteiger partial charge in [-0.15, -0.1) is 11.3 Å². The lowest BCUT2D eigenvalue weighted by molar-refractivity contribution is 0.354. The molecule has 1 atom stereocenters. The fraction of sp³-hybridized carbons (Fsp3) is 0.333. The zero-order valence-electron chi connectivity index (χ0n) is 11.8. The summed E-state index contributed by atoms with van der Waals surface area (Å²) < 4.78 is 10.5. The van der Waals surface area contributed by atoms with Crippen molar-refractivity contribution in [3.63, 3.8) is 0 Å². The number of thiophene rings is 1. The van der Waals surface area contributed by atoms with Crippen LogP contribution in [-0.2, 0) is 6.54 Å². The fourth-order valence-corrected chi connectivity index (χ4v) is 3.05. The van der Waals surface area contributed by atoms with E-state index in [0.717, 1.165) is 12.1 Å². The van der Waals surface area contributed by atoms with E-state index >= 15 is 0 Å². The SMILES string of the molecule is COc1cc(CN[C@@H](C)c2cccs2)cc(Cl)c1OC. The molecule has 2 aromatic rings. The van der Waals surface area contributed by atoms with Crippen molar-refractivity contribution in [1.29, 1.82) is 0 Å². The molecule has 3 nitrogen and oxygen atoms in total. The summed E-state index contributed by atoms with van der Waals surface area (Å²) in [6.45, 7) is 2.87. The van der Waals surface area contributed by atoms with Crippen molar-refractivity contribution >= 4 is 22.9 Å². The largest absolute Gasteiger partial charge is 0.493 e. The first kappa shape index (κ1) is 15.2. The van der Waals surface area contributed by atoms with Gasteiger partial charge < -0.3 is 14.8 Å². The highest BCUT2D eigenvalue weighted by atomic mass is 35.5. The predicted molar refractivity (Wildman–Crippen MR) is 84.1 cm³/mol. The molecule has 0 aliphatic carbocycles. The molecule has 1 heterocycles. The van der Waals surface area contributed by atoms with Gasteiger partial charge in [-0.25, -0.2) is 0 Å². The third-order valence-corrected chi connectivity index (χ3v) is 4.41. The van der Waals surface area contributed by atoms with E-state index in [1.54, 1.807) is 25.6 Å². The predicted octanol–water partition coefficient (Wildman–Crippen LogP) is 4.27. The molecule has 0 spiro atoms. The topological polar surface area (TPSA) is 30.5 Å². The van der Waals surface area contributed by atoms with E-state index in [9.17, 15) is 0 Å². The Bertz CT molecular complexity index is 557. The lowest BCUT2D eigenvalue weighted by Gasteiger charge is -2.15. The Balaban J connectivity index is 2.08. The molecule has 2 rings (SSSR count). The molecule has 0 aliphatic rings. The summed E-state index contributed by atoms with van der Waals surface area (Å²) in [4.78, 5) is 1.32. The first-order valence-electron chi connectivity index (χ1n) is 6.33. The number of methoxy groups -OCH3 is 2. The Kier molecular flexibility index (Phi) is 5.29. The van der Waals surface area contributed by atoms with E-state index in [4.69, 9.17) is 21.1 Å². The lowest BCUT2D eigenvalue weighted by atomic mass is 10.1. The molecule has 0 bridgehead atoms. The van der Waals surface area contributed by atoms with E-state index in [1.165, 1.54) is 4.88 Å². The normalized spacial score (nSPS) is 12.2. The number of hydrogen-bond donors (Lipinski definition) is 1. The van der Waals surface area contributed by atoms with Crippen molar-refractivity contribution in [2.75, 3.05) is 14.2 Å². The van der Waals surface area contributed by atoms with E-state index in [2.05, 4.69) is 29.8 Å². The minimum absolute atomic E-state index is 0.307.